The first kappa shape index (κ1) is 26.5. The second-order valence-electron chi connectivity index (χ2n) is 11.1. The number of piperidine rings is 1. The van der Waals surface area contributed by atoms with Crippen molar-refractivity contribution in [3.8, 4) is 5.75 Å². The van der Waals surface area contributed by atoms with Gasteiger partial charge in [0.05, 0.1) is 19.1 Å². The van der Waals surface area contributed by atoms with Gasteiger partial charge in [0, 0.05) is 17.8 Å². The molecule has 1 saturated heterocycles. The summed E-state index contributed by atoms with van der Waals surface area (Å²) in [5.41, 5.74) is 5.47. The maximum atomic E-state index is 14.0. The number of aryl methyl sites for hydroxylation is 2. The van der Waals surface area contributed by atoms with E-state index >= 15 is 0 Å². The van der Waals surface area contributed by atoms with Gasteiger partial charge in [0.1, 0.15) is 5.75 Å². The number of nitrogens with zero attached hydrogens (tertiary/aromatic N) is 1. The third-order valence-corrected chi connectivity index (χ3v) is 7.38. The van der Waals surface area contributed by atoms with Crippen LogP contribution in [-0.4, -0.2) is 30.4 Å². The molecule has 0 radical (unpaired) electrons. The van der Waals surface area contributed by atoms with Gasteiger partial charge < -0.3 is 15.0 Å². The summed E-state index contributed by atoms with van der Waals surface area (Å²) in [6.45, 7) is 11.0. The van der Waals surface area contributed by atoms with Crippen LogP contribution in [-0.2, 0) is 10.2 Å². The zero-order chi connectivity index (χ0) is 26.7. The van der Waals surface area contributed by atoms with Crippen LogP contribution in [0.5, 0.6) is 5.75 Å². The van der Waals surface area contributed by atoms with Gasteiger partial charge in [0.15, 0.2) is 0 Å². The molecule has 194 valence electrons. The van der Waals surface area contributed by atoms with E-state index in [4.69, 9.17) is 4.74 Å². The van der Waals surface area contributed by atoms with E-state index in [0.717, 1.165) is 45.7 Å². The van der Waals surface area contributed by atoms with Gasteiger partial charge in [-0.25, -0.2) is 0 Å². The molecule has 0 aliphatic carbocycles. The van der Waals surface area contributed by atoms with Crippen molar-refractivity contribution in [2.24, 2.45) is 5.92 Å². The normalized spacial score (nSPS) is 17.8. The fourth-order valence-corrected chi connectivity index (χ4v) is 5.31. The van der Waals surface area contributed by atoms with Crippen molar-refractivity contribution < 1.29 is 14.3 Å². The quantitative estimate of drug-likeness (QED) is 0.419. The number of benzene rings is 3. The van der Waals surface area contributed by atoms with Crippen LogP contribution >= 0.6 is 0 Å². The number of hydrogen-bond acceptors (Lipinski definition) is 3. The summed E-state index contributed by atoms with van der Waals surface area (Å²) in [5.74, 6) is 0.274. The van der Waals surface area contributed by atoms with E-state index in [0.29, 0.717) is 13.0 Å². The van der Waals surface area contributed by atoms with Gasteiger partial charge in [-0.05, 0) is 78.6 Å². The third kappa shape index (κ3) is 5.71. The van der Waals surface area contributed by atoms with Crippen molar-refractivity contribution in [2.45, 2.75) is 58.9 Å². The van der Waals surface area contributed by atoms with Crippen molar-refractivity contribution in [3.63, 3.8) is 0 Å². The number of carbonyl (C=O) groups is 2. The summed E-state index contributed by atoms with van der Waals surface area (Å²) in [4.78, 5) is 29.7. The molecule has 0 aromatic heterocycles. The van der Waals surface area contributed by atoms with Crippen molar-refractivity contribution in [1.82, 2.24) is 4.90 Å². The largest absolute Gasteiger partial charge is 0.497 e. The van der Waals surface area contributed by atoms with Crippen LogP contribution < -0.4 is 10.1 Å². The molecule has 3 aromatic carbocycles. The monoisotopic (exact) mass is 498 g/mol. The van der Waals surface area contributed by atoms with Crippen LogP contribution in [0, 0.1) is 19.8 Å². The predicted octanol–water partition coefficient (Wildman–Crippen LogP) is 6.84. The molecule has 2 amide bonds. The minimum Gasteiger partial charge on any atom is -0.497 e. The second kappa shape index (κ2) is 10.8. The lowest BCUT2D eigenvalue weighted by atomic mass is 9.83. The molecule has 5 heteroatoms. The van der Waals surface area contributed by atoms with Gasteiger partial charge >= 0.3 is 0 Å². The first-order valence-corrected chi connectivity index (χ1v) is 13.0. The van der Waals surface area contributed by atoms with E-state index in [1.807, 2.05) is 79.4 Å². The molecular weight excluding hydrogens is 460 g/mol. The molecule has 1 aliphatic rings. The lowest BCUT2D eigenvalue weighted by molar-refractivity contribution is -0.123. The Hall–Kier alpha value is -3.60. The molecule has 0 bridgehead atoms. The number of rotatable bonds is 5. The van der Waals surface area contributed by atoms with E-state index < -0.39 is 0 Å². The molecule has 5 nitrogen and oxygen atoms in total. The van der Waals surface area contributed by atoms with Crippen molar-refractivity contribution in [3.05, 3.63) is 94.5 Å². The Morgan fingerprint density at radius 1 is 0.946 bits per heavy atom. The molecule has 1 fully saturated rings. The molecule has 1 unspecified atom stereocenters. The molecule has 2 atom stereocenters. The molecule has 1 N–H and O–H groups in total. The number of anilines is 1. The number of likely N-dealkylation sites (tertiary alicyclic amines) is 1. The van der Waals surface area contributed by atoms with E-state index in [9.17, 15) is 9.59 Å². The van der Waals surface area contributed by atoms with Crippen LogP contribution in [0.4, 0.5) is 5.69 Å². The smallest absolute Gasteiger partial charge is 0.254 e. The van der Waals surface area contributed by atoms with Gasteiger partial charge in [-0.3, -0.25) is 9.59 Å². The SMILES string of the molecule is COc1ccc([C@H]2C(C(=O)Nc3cccc(C(C)(C)C)c3)CCCN2C(=O)c2c(C)cccc2C)cc1. The van der Waals surface area contributed by atoms with Gasteiger partial charge in [-0.2, -0.15) is 0 Å². The highest BCUT2D eigenvalue weighted by Crippen LogP contribution is 2.39. The highest BCUT2D eigenvalue weighted by Gasteiger charge is 2.40. The lowest BCUT2D eigenvalue weighted by Crippen LogP contribution is -2.46. The predicted molar refractivity (Wildman–Crippen MR) is 149 cm³/mol. The Balaban J connectivity index is 1.71. The minimum absolute atomic E-state index is 0.0220. The van der Waals surface area contributed by atoms with E-state index in [1.54, 1.807) is 7.11 Å². The zero-order valence-electron chi connectivity index (χ0n) is 22.8. The van der Waals surface area contributed by atoms with Crippen molar-refractivity contribution >= 4 is 17.5 Å². The summed E-state index contributed by atoms with van der Waals surface area (Å²) in [6.07, 6.45) is 1.47. The van der Waals surface area contributed by atoms with Crippen LogP contribution in [0.1, 0.15) is 72.3 Å². The highest BCUT2D eigenvalue weighted by molar-refractivity contribution is 5.99. The minimum atomic E-state index is -0.381. The maximum Gasteiger partial charge on any atom is 0.254 e. The number of hydrogen-bond donors (Lipinski definition) is 1. The standard InChI is InChI=1S/C32H38N2O3/c1-21-10-7-11-22(2)28(21)31(36)34-19-9-14-27(29(34)23-15-17-26(37-6)18-16-23)30(35)33-25-13-8-12-24(20-25)32(3,4)5/h7-8,10-13,15-18,20,27,29H,9,14,19H2,1-6H3,(H,33,35)/t27?,29-/m0/s1. The topological polar surface area (TPSA) is 58.6 Å². The zero-order valence-corrected chi connectivity index (χ0v) is 22.8. The van der Waals surface area contributed by atoms with Crippen LogP contribution in [0.2, 0.25) is 0 Å². The van der Waals surface area contributed by atoms with Gasteiger partial charge in [0.2, 0.25) is 5.91 Å². The molecule has 1 aliphatic heterocycles. The molecule has 3 aromatic rings. The number of amides is 2. The lowest BCUT2D eigenvalue weighted by Gasteiger charge is -2.41. The Bertz CT molecular complexity index is 1250. The average Bonchev–Trinajstić information content (AvgIpc) is 2.87. The van der Waals surface area contributed by atoms with Gasteiger partial charge in [-0.15, -0.1) is 0 Å². The summed E-state index contributed by atoms with van der Waals surface area (Å²) >= 11 is 0. The summed E-state index contributed by atoms with van der Waals surface area (Å²) in [5, 5.41) is 3.17. The Morgan fingerprint density at radius 2 is 1.59 bits per heavy atom. The second-order valence-corrected chi connectivity index (χ2v) is 11.1. The Morgan fingerprint density at radius 3 is 2.22 bits per heavy atom. The molecule has 0 spiro atoms. The first-order valence-electron chi connectivity index (χ1n) is 13.0. The molecule has 4 rings (SSSR count). The van der Waals surface area contributed by atoms with Crippen molar-refractivity contribution in [1.29, 1.82) is 0 Å². The molecular formula is C32H38N2O3. The fourth-order valence-electron chi connectivity index (χ4n) is 5.31. The average molecular weight is 499 g/mol. The number of carbonyl (C=O) groups excluding carboxylic acids is 2. The number of nitrogens with one attached hydrogen (secondary N) is 1. The summed E-state index contributed by atoms with van der Waals surface area (Å²) < 4.78 is 5.36. The van der Waals surface area contributed by atoms with Crippen molar-refractivity contribution in [2.75, 3.05) is 19.0 Å². The first-order chi connectivity index (χ1) is 17.6. The molecule has 1 heterocycles. The van der Waals surface area contributed by atoms with Crippen LogP contribution in [0.3, 0.4) is 0 Å². The van der Waals surface area contributed by atoms with Gasteiger partial charge in [0.25, 0.3) is 5.91 Å². The highest BCUT2D eigenvalue weighted by atomic mass is 16.5. The third-order valence-electron chi connectivity index (χ3n) is 7.38. The molecule has 37 heavy (non-hydrogen) atoms. The number of methoxy groups -OCH3 is 1. The molecule has 0 saturated carbocycles. The summed E-state index contributed by atoms with van der Waals surface area (Å²) in [6, 6.07) is 21.3. The maximum absolute atomic E-state index is 14.0. The Kier molecular flexibility index (Phi) is 7.72. The number of ether oxygens (including phenoxy) is 1. The Labute approximate surface area is 220 Å². The van der Waals surface area contributed by atoms with E-state index in [1.165, 1.54) is 0 Å². The van der Waals surface area contributed by atoms with Crippen LogP contribution in [0.25, 0.3) is 0 Å². The van der Waals surface area contributed by atoms with Gasteiger partial charge in [-0.1, -0.05) is 63.2 Å². The van der Waals surface area contributed by atoms with E-state index in [-0.39, 0.29) is 29.2 Å². The van der Waals surface area contributed by atoms with Crippen LogP contribution in [0.15, 0.2) is 66.7 Å². The fraction of sp³-hybridized carbons (Fsp3) is 0.375. The van der Waals surface area contributed by atoms with E-state index in [2.05, 4.69) is 32.2 Å². The summed E-state index contributed by atoms with van der Waals surface area (Å²) in [7, 11) is 1.63.